The number of hydrogen-bond donors (Lipinski definition) is 1. The first-order chi connectivity index (χ1) is 8.87. The minimum absolute atomic E-state index is 0.159. The van der Waals surface area contributed by atoms with Crippen molar-refractivity contribution in [2.75, 3.05) is 18.1 Å². The van der Waals surface area contributed by atoms with Gasteiger partial charge < -0.3 is 10.0 Å². The lowest BCUT2D eigenvalue weighted by atomic mass is 9.78. The molecule has 0 spiro atoms. The van der Waals surface area contributed by atoms with Gasteiger partial charge in [0, 0.05) is 12.2 Å². The second-order valence-corrected chi connectivity index (χ2v) is 4.79. The minimum atomic E-state index is -0.234. The first-order valence-electron chi connectivity index (χ1n) is 6.36. The quantitative estimate of drug-likeness (QED) is 0.890. The molecule has 0 bridgehead atoms. The number of aliphatic hydroxyl groups is 1. The maximum absolute atomic E-state index is 9.88. The van der Waals surface area contributed by atoms with Gasteiger partial charge in [0.1, 0.15) is 0 Å². The van der Waals surface area contributed by atoms with Gasteiger partial charge in [-0.15, -0.1) is 0 Å². The molecule has 1 atom stereocenters. The smallest absolute Gasteiger partial charge is 0.0900 e. The summed E-state index contributed by atoms with van der Waals surface area (Å²) < 4.78 is 0. The Labute approximate surface area is 107 Å². The summed E-state index contributed by atoms with van der Waals surface area (Å²) in [6.07, 6.45) is 1.00. The Hall–Kier alpha value is -1.80. The molecule has 0 aromatic heterocycles. The molecule has 1 aliphatic rings. The molecule has 1 aliphatic heterocycles. The first-order valence-corrected chi connectivity index (χ1v) is 6.36. The minimum Gasteiger partial charge on any atom is -0.394 e. The maximum Gasteiger partial charge on any atom is 0.0900 e. The summed E-state index contributed by atoms with van der Waals surface area (Å²) in [4.78, 5) is 2.29. The molecule has 2 aromatic carbocycles. The van der Waals surface area contributed by atoms with Crippen molar-refractivity contribution < 1.29 is 5.11 Å². The number of rotatable bonds is 3. The number of para-hydroxylation sites is 1. The molecular formula is C16H17NO. The Morgan fingerprint density at radius 2 is 1.56 bits per heavy atom. The van der Waals surface area contributed by atoms with Crippen LogP contribution in [0.2, 0.25) is 0 Å². The van der Waals surface area contributed by atoms with Crippen molar-refractivity contribution in [3.63, 3.8) is 0 Å². The summed E-state index contributed by atoms with van der Waals surface area (Å²) in [6, 6.07) is 20.6. The molecule has 1 heterocycles. The van der Waals surface area contributed by atoms with E-state index in [-0.39, 0.29) is 12.1 Å². The van der Waals surface area contributed by atoms with Crippen LogP contribution < -0.4 is 4.90 Å². The molecule has 2 heteroatoms. The standard InChI is InChI=1S/C16H17NO/c18-13-16(14-7-3-1-4-8-14)11-12-17(16)15-9-5-2-6-10-15/h1-10,18H,11-13H2. The molecule has 92 valence electrons. The average Bonchev–Trinajstić information content (AvgIpc) is 2.41. The number of anilines is 1. The van der Waals surface area contributed by atoms with Crippen LogP contribution in [0.15, 0.2) is 60.7 Å². The molecule has 1 saturated heterocycles. The fraction of sp³-hybridized carbons (Fsp3) is 0.250. The molecule has 1 fully saturated rings. The molecule has 0 saturated carbocycles. The van der Waals surface area contributed by atoms with E-state index in [1.165, 1.54) is 11.3 Å². The summed E-state index contributed by atoms with van der Waals surface area (Å²) in [6.45, 7) is 1.16. The molecule has 0 radical (unpaired) electrons. The highest BCUT2D eigenvalue weighted by Crippen LogP contribution is 2.43. The summed E-state index contributed by atoms with van der Waals surface area (Å²) in [5.74, 6) is 0. The van der Waals surface area contributed by atoms with E-state index in [4.69, 9.17) is 0 Å². The zero-order valence-electron chi connectivity index (χ0n) is 10.3. The van der Waals surface area contributed by atoms with Crippen molar-refractivity contribution in [1.29, 1.82) is 0 Å². The van der Waals surface area contributed by atoms with Crippen LogP contribution in [0.4, 0.5) is 5.69 Å². The number of nitrogens with zero attached hydrogens (tertiary/aromatic N) is 1. The molecule has 1 unspecified atom stereocenters. The predicted octanol–water partition coefficient (Wildman–Crippen LogP) is 2.78. The topological polar surface area (TPSA) is 23.5 Å². The van der Waals surface area contributed by atoms with E-state index in [1.54, 1.807) is 0 Å². The third-order valence-corrected chi connectivity index (χ3v) is 3.91. The van der Waals surface area contributed by atoms with Gasteiger partial charge in [0.2, 0.25) is 0 Å². The van der Waals surface area contributed by atoms with Gasteiger partial charge in [-0.1, -0.05) is 48.5 Å². The highest BCUT2D eigenvalue weighted by Gasteiger charge is 2.45. The van der Waals surface area contributed by atoms with Crippen LogP contribution in [-0.4, -0.2) is 18.3 Å². The van der Waals surface area contributed by atoms with Crippen molar-refractivity contribution >= 4 is 5.69 Å². The number of aliphatic hydroxyl groups excluding tert-OH is 1. The van der Waals surface area contributed by atoms with Gasteiger partial charge in [-0.2, -0.15) is 0 Å². The summed E-state index contributed by atoms with van der Waals surface area (Å²) in [5, 5.41) is 9.88. The van der Waals surface area contributed by atoms with Crippen molar-refractivity contribution in [3.05, 3.63) is 66.2 Å². The molecule has 3 rings (SSSR count). The molecule has 0 amide bonds. The zero-order chi connectivity index (χ0) is 12.4. The van der Waals surface area contributed by atoms with Gasteiger partial charge in [0.15, 0.2) is 0 Å². The fourth-order valence-electron chi connectivity index (χ4n) is 2.78. The van der Waals surface area contributed by atoms with Crippen LogP contribution in [-0.2, 0) is 5.54 Å². The third-order valence-electron chi connectivity index (χ3n) is 3.91. The van der Waals surface area contributed by atoms with E-state index in [1.807, 2.05) is 36.4 Å². The van der Waals surface area contributed by atoms with E-state index < -0.39 is 0 Å². The largest absolute Gasteiger partial charge is 0.394 e. The van der Waals surface area contributed by atoms with Crippen LogP contribution in [0.5, 0.6) is 0 Å². The summed E-state index contributed by atoms with van der Waals surface area (Å²) in [7, 11) is 0. The monoisotopic (exact) mass is 239 g/mol. The molecule has 1 N–H and O–H groups in total. The molecule has 2 nitrogen and oxygen atoms in total. The molecular weight excluding hydrogens is 222 g/mol. The Balaban J connectivity index is 1.99. The zero-order valence-corrected chi connectivity index (χ0v) is 10.3. The van der Waals surface area contributed by atoms with Gasteiger partial charge in [-0.05, 0) is 24.1 Å². The van der Waals surface area contributed by atoms with Crippen LogP contribution in [0.1, 0.15) is 12.0 Å². The number of benzene rings is 2. The lowest BCUT2D eigenvalue weighted by Gasteiger charge is -2.53. The van der Waals surface area contributed by atoms with E-state index in [0.717, 1.165) is 13.0 Å². The first kappa shape index (κ1) is 11.3. The van der Waals surface area contributed by atoms with Gasteiger partial charge in [0.05, 0.1) is 12.1 Å². The van der Waals surface area contributed by atoms with E-state index in [2.05, 4.69) is 29.2 Å². The SMILES string of the molecule is OCC1(c2ccccc2)CCN1c1ccccc1. The number of hydrogen-bond acceptors (Lipinski definition) is 2. The van der Waals surface area contributed by atoms with Gasteiger partial charge in [-0.25, -0.2) is 0 Å². The van der Waals surface area contributed by atoms with Crippen LogP contribution in [0, 0.1) is 0 Å². The van der Waals surface area contributed by atoms with E-state index in [0.29, 0.717) is 0 Å². The van der Waals surface area contributed by atoms with Crippen molar-refractivity contribution in [1.82, 2.24) is 0 Å². The van der Waals surface area contributed by atoms with Gasteiger partial charge in [-0.3, -0.25) is 0 Å². The summed E-state index contributed by atoms with van der Waals surface area (Å²) in [5.41, 5.74) is 2.15. The highest BCUT2D eigenvalue weighted by atomic mass is 16.3. The average molecular weight is 239 g/mol. The summed E-state index contributed by atoms with van der Waals surface area (Å²) >= 11 is 0. The third kappa shape index (κ3) is 1.61. The molecule has 0 aliphatic carbocycles. The second kappa shape index (κ2) is 4.46. The Bertz CT molecular complexity index is 507. The van der Waals surface area contributed by atoms with Gasteiger partial charge >= 0.3 is 0 Å². The van der Waals surface area contributed by atoms with Crippen molar-refractivity contribution in [3.8, 4) is 0 Å². The fourth-order valence-corrected chi connectivity index (χ4v) is 2.78. The Morgan fingerprint density at radius 3 is 2.06 bits per heavy atom. The predicted molar refractivity (Wildman–Crippen MR) is 73.6 cm³/mol. The lowest BCUT2D eigenvalue weighted by molar-refractivity contribution is 0.137. The highest BCUT2D eigenvalue weighted by molar-refractivity contribution is 5.55. The van der Waals surface area contributed by atoms with Crippen LogP contribution in [0.25, 0.3) is 0 Å². The Kier molecular flexibility index (Phi) is 2.80. The maximum atomic E-state index is 9.88. The van der Waals surface area contributed by atoms with Crippen molar-refractivity contribution in [2.24, 2.45) is 0 Å². The second-order valence-electron chi connectivity index (χ2n) is 4.79. The van der Waals surface area contributed by atoms with Crippen LogP contribution >= 0.6 is 0 Å². The molecule has 18 heavy (non-hydrogen) atoms. The Morgan fingerprint density at radius 1 is 0.944 bits per heavy atom. The normalized spacial score (nSPS) is 22.6. The van der Waals surface area contributed by atoms with Crippen LogP contribution in [0.3, 0.4) is 0 Å². The van der Waals surface area contributed by atoms with Gasteiger partial charge in [0.25, 0.3) is 0 Å². The van der Waals surface area contributed by atoms with E-state index >= 15 is 0 Å². The molecule has 2 aromatic rings. The lowest BCUT2D eigenvalue weighted by Crippen LogP contribution is -2.60. The van der Waals surface area contributed by atoms with Crippen molar-refractivity contribution in [2.45, 2.75) is 12.0 Å². The van der Waals surface area contributed by atoms with E-state index in [9.17, 15) is 5.11 Å².